The average molecular weight is 284 g/mol. The molecule has 1 aliphatic carbocycles. The molecule has 2 atom stereocenters. The molecule has 0 radical (unpaired) electrons. The van der Waals surface area contributed by atoms with Crippen LogP contribution in [0.2, 0.25) is 5.02 Å². The van der Waals surface area contributed by atoms with E-state index in [0.29, 0.717) is 0 Å². The second kappa shape index (κ2) is 4.37. The van der Waals surface area contributed by atoms with Gasteiger partial charge in [0.2, 0.25) is 0 Å². The summed E-state index contributed by atoms with van der Waals surface area (Å²) < 4.78 is 22.7. The van der Waals surface area contributed by atoms with Crippen molar-refractivity contribution in [1.82, 2.24) is 5.32 Å². The summed E-state index contributed by atoms with van der Waals surface area (Å²) in [6.45, 7) is 0. The fourth-order valence-corrected chi connectivity index (χ4v) is 4.14. The lowest BCUT2D eigenvalue weighted by Crippen LogP contribution is -2.32. The van der Waals surface area contributed by atoms with Gasteiger partial charge in [-0.25, -0.2) is 8.42 Å². The standard InChI is InChI=1S/C13H14ClNO2S/c14-10-2-3-12-9(7-10)1-4-13(12)15-11-5-6-18(16,17)8-11/h2-3,5-7,11,13,15H,1,4,8H2. The summed E-state index contributed by atoms with van der Waals surface area (Å²) in [4.78, 5) is 0. The van der Waals surface area contributed by atoms with Crippen LogP contribution in [0.15, 0.2) is 29.7 Å². The van der Waals surface area contributed by atoms with E-state index >= 15 is 0 Å². The molecule has 1 aromatic carbocycles. The van der Waals surface area contributed by atoms with Crippen LogP contribution in [-0.4, -0.2) is 20.2 Å². The van der Waals surface area contributed by atoms with Crippen molar-refractivity contribution in [2.24, 2.45) is 0 Å². The molecule has 96 valence electrons. The topological polar surface area (TPSA) is 46.2 Å². The molecule has 0 spiro atoms. The highest BCUT2D eigenvalue weighted by Crippen LogP contribution is 2.33. The maximum Gasteiger partial charge on any atom is 0.173 e. The van der Waals surface area contributed by atoms with Crippen molar-refractivity contribution in [1.29, 1.82) is 0 Å². The van der Waals surface area contributed by atoms with Crippen LogP contribution in [0.4, 0.5) is 0 Å². The third kappa shape index (κ3) is 2.32. The predicted molar refractivity (Wildman–Crippen MR) is 72.4 cm³/mol. The van der Waals surface area contributed by atoms with Gasteiger partial charge in [-0.3, -0.25) is 0 Å². The Balaban J connectivity index is 1.76. The average Bonchev–Trinajstić information content (AvgIpc) is 2.83. The van der Waals surface area contributed by atoms with Crippen LogP contribution in [0.25, 0.3) is 0 Å². The number of halogens is 1. The lowest BCUT2D eigenvalue weighted by Gasteiger charge is -2.18. The van der Waals surface area contributed by atoms with Gasteiger partial charge in [-0.05, 0) is 36.1 Å². The Morgan fingerprint density at radius 3 is 2.89 bits per heavy atom. The minimum absolute atomic E-state index is 0.0679. The third-order valence-electron chi connectivity index (χ3n) is 3.53. The van der Waals surface area contributed by atoms with E-state index < -0.39 is 9.84 Å². The zero-order chi connectivity index (χ0) is 12.8. The Bertz CT molecular complexity index is 609. The smallest absolute Gasteiger partial charge is 0.173 e. The van der Waals surface area contributed by atoms with Gasteiger partial charge in [0.1, 0.15) is 0 Å². The molecule has 0 aromatic heterocycles. The molecule has 2 unspecified atom stereocenters. The monoisotopic (exact) mass is 283 g/mol. The Labute approximate surface area is 112 Å². The van der Waals surface area contributed by atoms with E-state index in [2.05, 4.69) is 5.32 Å². The summed E-state index contributed by atoms with van der Waals surface area (Å²) in [5.41, 5.74) is 2.52. The van der Waals surface area contributed by atoms with E-state index in [1.54, 1.807) is 6.08 Å². The van der Waals surface area contributed by atoms with Crippen LogP contribution in [0, 0.1) is 0 Å². The van der Waals surface area contributed by atoms with Crippen molar-refractivity contribution >= 4 is 21.4 Å². The summed E-state index contributed by atoms with van der Waals surface area (Å²) in [7, 11) is -2.99. The number of benzene rings is 1. The van der Waals surface area contributed by atoms with Crippen LogP contribution in [0.1, 0.15) is 23.6 Å². The molecule has 3 rings (SSSR count). The van der Waals surface area contributed by atoms with E-state index in [1.165, 1.54) is 16.5 Å². The van der Waals surface area contributed by atoms with Crippen LogP contribution in [0.3, 0.4) is 0 Å². The molecule has 3 nitrogen and oxygen atoms in total. The predicted octanol–water partition coefficient (Wildman–Crippen LogP) is 2.23. The molecular formula is C13H14ClNO2S. The van der Waals surface area contributed by atoms with Gasteiger partial charge < -0.3 is 5.32 Å². The Kier molecular flexibility index (Phi) is 2.96. The number of nitrogens with one attached hydrogen (secondary N) is 1. The normalized spacial score (nSPS) is 28.5. The minimum Gasteiger partial charge on any atom is -0.303 e. The molecule has 2 aliphatic rings. The Hall–Kier alpha value is -0.840. The molecule has 0 bridgehead atoms. The summed E-state index contributed by atoms with van der Waals surface area (Å²) in [5.74, 6) is 0.173. The lowest BCUT2D eigenvalue weighted by atomic mass is 10.1. The summed E-state index contributed by atoms with van der Waals surface area (Å²) in [5, 5.41) is 5.47. The first-order valence-corrected chi connectivity index (χ1v) is 8.08. The largest absolute Gasteiger partial charge is 0.303 e. The molecular weight excluding hydrogens is 270 g/mol. The lowest BCUT2D eigenvalue weighted by molar-refractivity contribution is 0.501. The molecule has 1 N–H and O–H groups in total. The number of hydrogen-bond donors (Lipinski definition) is 1. The third-order valence-corrected chi connectivity index (χ3v) is 5.16. The van der Waals surface area contributed by atoms with E-state index in [9.17, 15) is 8.42 Å². The van der Waals surface area contributed by atoms with Crippen LogP contribution >= 0.6 is 11.6 Å². The van der Waals surface area contributed by atoms with E-state index in [-0.39, 0.29) is 17.8 Å². The Morgan fingerprint density at radius 1 is 1.33 bits per heavy atom. The zero-order valence-corrected chi connectivity index (χ0v) is 11.3. The van der Waals surface area contributed by atoms with Crippen molar-refractivity contribution in [3.63, 3.8) is 0 Å². The maximum atomic E-state index is 11.4. The number of rotatable bonds is 2. The van der Waals surface area contributed by atoms with Crippen molar-refractivity contribution < 1.29 is 8.42 Å². The molecule has 1 aromatic rings. The van der Waals surface area contributed by atoms with Crippen molar-refractivity contribution in [2.45, 2.75) is 24.9 Å². The van der Waals surface area contributed by atoms with Crippen LogP contribution in [0.5, 0.6) is 0 Å². The molecule has 0 amide bonds. The molecule has 1 heterocycles. The maximum absolute atomic E-state index is 11.4. The second-order valence-electron chi connectivity index (χ2n) is 4.87. The highest BCUT2D eigenvalue weighted by atomic mass is 35.5. The van der Waals surface area contributed by atoms with E-state index in [0.717, 1.165) is 17.9 Å². The van der Waals surface area contributed by atoms with Crippen LogP contribution < -0.4 is 5.32 Å². The molecule has 18 heavy (non-hydrogen) atoms. The van der Waals surface area contributed by atoms with Gasteiger partial charge in [0.05, 0.1) is 5.75 Å². The van der Waals surface area contributed by atoms with Crippen molar-refractivity contribution in [3.05, 3.63) is 45.8 Å². The summed E-state index contributed by atoms with van der Waals surface area (Å²) in [6.07, 6.45) is 3.74. The highest BCUT2D eigenvalue weighted by Gasteiger charge is 2.28. The Morgan fingerprint density at radius 2 is 2.17 bits per heavy atom. The summed E-state index contributed by atoms with van der Waals surface area (Å²) >= 11 is 5.97. The quantitative estimate of drug-likeness (QED) is 0.905. The minimum atomic E-state index is -2.99. The fourth-order valence-electron chi connectivity index (χ4n) is 2.70. The first-order valence-electron chi connectivity index (χ1n) is 5.99. The molecule has 0 saturated heterocycles. The SMILES string of the molecule is O=S1(=O)C=CC(NC2CCc3cc(Cl)ccc32)C1. The number of aryl methyl sites for hydroxylation is 1. The van der Waals surface area contributed by atoms with E-state index in [1.807, 2.05) is 18.2 Å². The van der Waals surface area contributed by atoms with Gasteiger partial charge in [-0.15, -0.1) is 0 Å². The van der Waals surface area contributed by atoms with Gasteiger partial charge >= 0.3 is 0 Å². The van der Waals surface area contributed by atoms with Gasteiger partial charge in [-0.2, -0.15) is 0 Å². The molecule has 1 aliphatic heterocycles. The van der Waals surface area contributed by atoms with Gasteiger partial charge in [0.25, 0.3) is 0 Å². The molecule has 0 fully saturated rings. The molecule has 5 heteroatoms. The number of sulfone groups is 1. The highest BCUT2D eigenvalue weighted by molar-refractivity contribution is 7.94. The first kappa shape index (κ1) is 12.2. The van der Waals surface area contributed by atoms with Gasteiger partial charge in [-0.1, -0.05) is 23.7 Å². The van der Waals surface area contributed by atoms with Gasteiger partial charge in [0, 0.05) is 22.5 Å². The number of hydrogen-bond acceptors (Lipinski definition) is 3. The first-order chi connectivity index (χ1) is 8.53. The zero-order valence-electron chi connectivity index (χ0n) is 9.77. The fraction of sp³-hybridized carbons (Fsp3) is 0.385. The van der Waals surface area contributed by atoms with Crippen molar-refractivity contribution in [2.75, 3.05) is 5.75 Å². The van der Waals surface area contributed by atoms with Crippen LogP contribution in [-0.2, 0) is 16.3 Å². The van der Waals surface area contributed by atoms with Gasteiger partial charge in [0.15, 0.2) is 9.84 Å². The van der Waals surface area contributed by atoms with Crippen molar-refractivity contribution in [3.8, 4) is 0 Å². The number of fused-ring (bicyclic) bond motifs is 1. The van der Waals surface area contributed by atoms with E-state index in [4.69, 9.17) is 11.6 Å². The summed E-state index contributed by atoms with van der Waals surface area (Å²) in [6, 6.07) is 6.10. The second-order valence-corrected chi connectivity index (χ2v) is 7.23. The molecule has 0 saturated carbocycles.